The predicted molar refractivity (Wildman–Crippen MR) is 94.5 cm³/mol. The first-order chi connectivity index (χ1) is 12.0. The van der Waals surface area contributed by atoms with Gasteiger partial charge in [0.1, 0.15) is 0 Å². The van der Waals surface area contributed by atoms with Gasteiger partial charge in [-0.1, -0.05) is 30.3 Å². The Morgan fingerprint density at radius 2 is 1.84 bits per heavy atom. The van der Waals surface area contributed by atoms with Crippen molar-refractivity contribution in [2.75, 3.05) is 20.3 Å². The summed E-state index contributed by atoms with van der Waals surface area (Å²) in [6, 6.07) is 13.1. The van der Waals surface area contributed by atoms with E-state index in [1.807, 2.05) is 30.3 Å². The van der Waals surface area contributed by atoms with Gasteiger partial charge in [0.2, 0.25) is 5.91 Å². The summed E-state index contributed by atoms with van der Waals surface area (Å²) in [5, 5.41) is 30.3. The monoisotopic (exact) mass is 345 g/mol. The van der Waals surface area contributed by atoms with E-state index in [9.17, 15) is 15.0 Å². The number of carbonyl (C=O) groups is 1. The van der Waals surface area contributed by atoms with Crippen LogP contribution in [0.1, 0.15) is 12.0 Å². The molecule has 0 aliphatic rings. The highest BCUT2D eigenvalue weighted by Crippen LogP contribution is 2.31. The van der Waals surface area contributed by atoms with Gasteiger partial charge in [-0.05, 0) is 35.2 Å². The third-order valence-corrected chi connectivity index (χ3v) is 3.83. The van der Waals surface area contributed by atoms with Gasteiger partial charge < -0.3 is 25.4 Å². The topological polar surface area (TPSA) is 99.0 Å². The van der Waals surface area contributed by atoms with Crippen LogP contribution in [0.2, 0.25) is 0 Å². The third-order valence-electron chi connectivity index (χ3n) is 3.83. The van der Waals surface area contributed by atoms with Crippen molar-refractivity contribution in [1.29, 1.82) is 0 Å². The molecular weight excluding hydrogens is 322 g/mol. The minimum atomic E-state index is -1.01. The highest BCUT2D eigenvalue weighted by molar-refractivity contribution is 5.76. The number of rotatable bonds is 8. The zero-order valence-corrected chi connectivity index (χ0v) is 14.1. The Kier molecular flexibility index (Phi) is 6.80. The van der Waals surface area contributed by atoms with Crippen LogP contribution in [-0.4, -0.2) is 47.6 Å². The fraction of sp³-hybridized carbons (Fsp3) is 0.316. The van der Waals surface area contributed by atoms with E-state index in [0.29, 0.717) is 18.7 Å². The molecule has 0 saturated carbocycles. The highest BCUT2D eigenvalue weighted by Gasteiger charge is 2.09. The first-order valence-corrected chi connectivity index (χ1v) is 8.05. The maximum atomic E-state index is 11.5. The zero-order chi connectivity index (χ0) is 18.2. The molecule has 25 heavy (non-hydrogen) atoms. The second-order valence-corrected chi connectivity index (χ2v) is 5.72. The standard InChI is InChI=1S/C19H23NO5/c1-25-18-10-15(6-7-17(18)23)14-4-2-13(3-5-14)8-9-20-19(24)11-16(22)12-21/h2-7,10,16,21-23H,8-9,11-12H2,1H3,(H,20,24). The van der Waals surface area contributed by atoms with Crippen molar-refractivity contribution in [2.24, 2.45) is 0 Å². The minimum Gasteiger partial charge on any atom is -0.504 e. The number of hydrogen-bond donors (Lipinski definition) is 4. The molecule has 134 valence electrons. The Morgan fingerprint density at radius 3 is 2.48 bits per heavy atom. The number of benzene rings is 2. The van der Waals surface area contributed by atoms with Gasteiger partial charge in [-0.25, -0.2) is 0 Å². The first-order valence-electron chi connectivity index (χ1n) is 8.05. The van der Waals surface area contributed by atoms with Crippen LogP contribution < -0.4 is 10.1 Å². The summed E-state index contributed by atoms with van der Waals surface area (Å²) >= 11 is 0. The molecule has 1 amide bonds. The van der Waals surface area contributed by atoms with Gasteiger partial charge in [-0.15, -0.1) is 0 Å². The van der Waals surface area contributed by atoms with Crippen LogP contribution in [0.25, 0.3) is 11.1 Å². The Hall–Kier alpha value is -2.57. The van der Waals surface area contributed by atoms with Crippen LogP contribution in [0.4, 0.5) is 0 Å². The maximum absolute atomic E-state index is 11.5. The van der Waals surface area contributed by atoms with E-state index in [-0.39, 0.29) is 18.1 Å². The lowest BCUT2D eigenvalue weighted by molar-refractivity contribution is -0.123. The van der Waals surface area contributed by atoms with Crippen LogP contribution in [0.5, 0.6) is 11.5 Å². The molecule has 0 saturated heterocycles. The fourth-order valence-electron chi connectivity index (χ4n) is 2.42. The molecule has 0 heterocycles. The molecule has 1 atom stereocenters. The molecular formula is C19H23NO5. The third kappa shape index (κ3) is 5.48. The summed E-state index contributed by atoms with van der Waals surface area (Å²) in [4.78, 5) is 11.5. The molecule has 0 radical (unpaired) electrons. The predicted octanol–water partition coefficient (Wildman–Crippen LogP) is 1.47. The second kappa shape index (κ2) is 9.05. The van der Waals surface area contributed by atoms with E-state index < -0.39 is 12.7 Å². The van der Waals surface area contributed by atoms with Crippen LogP contribution in [0.15, 0.2) is 42.5 Å². The number of phenols is 1. The Bertz CT molecular complexity index is 699. The van der Waals surface area contributed by atoms with E-state index >= 15 is 0 Å². The number of nitrogens with one attached hydrogen (secondary N) is 1. The van der Waals surface area contributed by atoms with E-state index in [1.165, 1.54) is 7.11 Å². The van der Waals surface area contributed by atoms with Gasteiger partial charge in [0.25, 0.3) is 0 Å². The number of hydrogen-bond acceptors (Lipinski definition) is 5. The average Bonchev–Trinajstić information content (AvgIpc) is 2.62. The van der Waals surface area contributed by atoms with E-state index in [1.54, 1.807) is 12.1 Å². The van der Waals surface area contributed by atoms with Crippen molar-refractivity contribution < 1.29 is 24.9 Å². The summed E-state index contributed by atoms with van der Waals surface area (Å²) in [6.07, 6.45) is -0.445. The Morgan fingerprint density at radius 1 is 1.16 bits per heavy atom. The van der Waals surface area contributed by atoms with Gasteiger partial charge in [0.05, 0.1) is 26.2 Å². The minimum absolute atomic E-state index is 0.0991. The number of methoxy groups -OCH3 is 1. The molecule has 2 aromatic carbocycles. The van der Waals surface area contributed by atoms with Gasteiger partial charge in [0.15, 0.2) is 11.5 Å². The molecule has 2 aromatic rings. The van der Waals surface area contributed by atoms with E-state index in [0.717, 1.165) is 16.7 Å². The second-order valence-electron chi connectivity index (χ2n) is 5.72. The highest BCUT2D eigenvalue weighted by atomic mass is 16.5. The van der Waals surface area contributed by atoms with Gasteiger partial charge in [-0.3, -0.25) is 4.79 Å². The molecule has 0 spiro atoms. The number of carbonyl (C=O) groups excluding carboxylic acids is 1. The lowest BCUT2D eigenvalue weighted by Gasteiger charge is -2.09. The van der Waals surface area contributed by atoms with Crippen molar-refractivity contribution >= 4 is 5.91 Å². The quantitative estimate of drug-likeness (QED) is 0.581. The molecule has 4 N–H and O–H groups in total. The summed E-state index contributed by atoms with van der Waals surface area (Å²) in [5.74, 6) is 0.244. The lowest BCUT2D eigenvalue weighted by atomic mass is 10.0. The number of phenolic OH excluding ortho intramolecular Hbond substituents is 1. The number of aliphatic hydroxyl groups excluding tert-OH is 2. The summed E-state index contributed by atoms with van der Waals surface area (Å²) in [6.45, 7) is 0.0420. The molecule has 0 fully saturated rings. The molecule has 6 nitrogen and oxygen atoms in total. The Balaban J connectivity index is 1.91. The number of ether oxygens (including phenoxy) is 1. The first kappa shape index (κ1) is 18.8. The van der Waals surface area contributed by atoms with Crippen molar-refractivity contribution in [3.05, 3.63) is 48.0 Å². The van der Waals surface area contributed by atoms with Gasteiger partial charge in [-0.2, -0.15) is 0 Å². The smallest absolute Gasteiger partial charge is 0.222 e. The normalized spacial score (nSPS) is 11.8. The van der Waals surface area contributed by atoms with Gasteiger partial charge >= 0.3 is 0 Å². The molecule has 0 aromatic heterocycles. The largest absolute Gasteiger partial charge is 0.504 e. The molecule has 0 bridgehead atoms. The molecule has 0 aliphatic heterocycles. The van der Waals surface area contributed by atoms with Crippen molar-refractivity contribution in [1.82, 2.24) is 5.32 Å². The number of aromatic hydroxyl groups is 1. The van der Waals surface area contributed by atoms with Crippen LogP contribution in [0.3, 0.4) is 0 Å². The van der Waals surface area contributed by atoms with Gasteiger partial charge in [0, 0.05) is 6.54 Å². The molecule has 6 heteroatoms. The van der Waals surface area contributed by atoms with Crippen LogP contribution in [-0.2, 0) is 11.2 Å². The molecule has 2 rings (SSSR count). The fourth-order valence-corrected chi connectivity index (χ4v) is 2.42. The number of aliphatic hydroxyl groups is 2. The van der Waals surface area contributed by atoms with E-state index in [4.69, 9.17) is 9.84 Å². The van der Waals surface area contributed by atoms with E-state index in [2.05, 4.69) is 5.32 Å². The zero-order valence-electron chi connectivity index (χ0n) is 14.1. The average molecular weight is 345 g/mol. The maximum Gasteiger partial charge on any atom is 0.222 e. The Labute approximate surface area is 146 Å². The summed E-state index contributed by atoms with van der Waals surface area (Å²) in [5.41, 5.74) is 3.00. The molecule has 0 aliphatic carbocycles. The van der Waals surface area contributed by atoms with Crippen molar-refractivity contribution in [3.63, 3.8) is 0 Å². The summed E-state index contributed by atoms with van der Waals surface area (Å²) in [7, 11) is 1.51. The van der Waals surface area contributed by atoms with Crippen LogP contribution in [0, 0.1) is 0 Å². The van der Waals surface area contributed by atoms with Crippen molar-refractivity contribution in [2.45, 2.75) is 18.9 Å². The van der Waals surface area contributed by atoms with Crippen LogP contribution >= 0.6 is 0 Å². The summed E-state index contributed by atoms with van der Waals surface area (Å²) < 4.78 is 5.12. The number of amides is 1. The van der Waals surface area contributed by atoms with Crippen molar-refractivity contribution in [3.8, 4) is 22.6 Å². The SMILES string of the molecule is COc1cc(-c2ccc(CCNC(=O)CC(O)CO)cc2)ccc1O. The lowest BCUT2D eigenvalue weighted by Crippen LogP contribution is -2.30. The molecule has 1 unspecified atom stereocenters.